The Hall–Kier alpha value is -2.32. The highest BCUT2D eigenvalue weighted by atomic mass is 35.5. The third-order valence-electron chi connectivity index (χ3n) is 3.55. The zero-order valence-electron chi connectivity index (χ0n) is 11.2. The molecule has 21 heavy (non-hydrogen) atoms. The first kappa shape index (κ1) is 13.7. The van der Waals surface area contributed by atoms with Crippen LogP contribution in [0.15, 0.2) is 54.6 Å². The maximum Gasteiger partial charge on any atom is 0.153 e. The number of rotatable bonds is 3. The minimum absolute atomic E-state index is 0.159. The Balaban J connectivity index is 2.07. The van der Waals surface area contributed by atoms with Gasteiger partial charge >= 0.3 is 0 Å². The highest BCUT2D eigenvalue weighted by Crippen LogP contribution is 2.30. The van der Waals surface area contributed by atoms with Crippen molar-refractivity contribution in [3.63, 3.8) is 0 Å². The van der Waals surface area contributed by atoms with Crippen LogP contribution in [0.25, 0.3) is 10.8 Å². The SMILES string of the molecule is O=Cc1cc(Cc2cccc3ccccc23)cc(Cl)c1O. The summed E-state index contributed by atoms with van der Waals surface area (Å²) in [5, 5.41) is 12.3. The molecule has 3 heteroatoms. The van der Waals surface area contributed by atoms with Crippen molar-refractivity contribution < 1.29 is 9.90 Å². The summed E-state index contributed by atoms with van der Waals surface area (Å²) in [7, 11) is 0. The van der Waals surface area contributed by atoms with Crippen LogP contribution >= 0.6 is 11.6 Å². The summed E-state index contributed by atoms with van der Waals surface area (Å²) in [6, 6.07) is 17.7. The Labute approximate surface area is 127 Å². The molecular formula is C18H13ClO2. The molecule has 0 bridgehead atoms. The number of carbonyl (C=O) groups is 1. The lowest BCUT2D eigenvalue weighted by Crippen LogP contribution is -1.93. The second-order valence-electron chi connectivity index (χ2n) is 4.95. The molecule has 0 fully saturated rings. The summed E-state index contributed by atoms with van der Waals surface area (Å²) in [4.78, 5) is 11.0. The zero-order chi connectivity index (χ0) is 14.8. The molecular weight excluding hydrogens is 284 g/mol. The molecule has 0 unspecified atom stereocenters. The van der Waals surface area contributed by atoms with Gasteiger partial charge in [0.2, 0.25) is 0 Å². The van der Waals surface area contributed by atoms with Crippen molar-refractivity contribution in [1.82, 2.24) is 0 Å². The number of fused-ring (bicyclic) bond motifs is 1. The minimum atomic E-state index is -0.159. The highest BCUT2D eigenvalue weighted by Gasteiger charge is 2.09. The first-order chi connectivity index (χ1) is 10.2. The molecule has 0 radical (unpaired) electrons. The number of hydrogen-bond donors (Lipinski definition) is 1. The largest absolute Gasteiger partial charge is 0.506 e. The van der Waals surface area contributed by atoms with Gasteiger partial charge in [0.05, 0.1) is 10.6 Å². The molecule has 2 nitrogen and oxygen atoms in total. The van der Waals surface area contributed by atoms with E-state index in [1.165, 1.54) is 10.8 Å². The molecule has 0 aromatic heterocycles. The molecule has 1 N–H and O–H groups in total. The van der Waals surface area contributed by atoms with Crippen LogP contribution in [-0.4, -0.2) is 11.4 Å². The summed E-state index contributed by atoms with van der Waals surface area (Å²) < 4.78 is 0. The lowest BCUT2D eigenvalue weighted by Gasteiger charge is -2.09. The normalized spacial score (nSPS) is 10.7. The summed E-state index contributed by atoms with van der Waals surface area (Å²) in [5.74, 6) is -0.159. The Bertz CT molecular complexity index is 819. The van der Waals surface area contributed by atoms with Crippen molar-refractivity contribution in [3.8, 4) is 5.75 Å². The van der Waals surface area contributed by atoms with Crippen LogP contribution in [0.3, 0.4) is 0 Å². The van der Waals surface area contributed by atoms with Crippen LogP contribution in [0.5, 0.6) is 5.75 Å². The standard InChI is InChI=1S/C18H13ClO2/c19-17-10-12(9-15(11-20)18(17)21)8-14-6-3-5-13-4-1-2-7-16(13)14/h1-7,9-11,21H,8H2. The number of phenolic OH excluding ortho intramolecular Hbond substituents is 1. The average molecular weight is 297 g/mol. The number of halogens is 1. The van der Waals surface area contributed by atoms with E-state index >= 15 is 0 Å². The summed E-state index contributed by atoms with van der Waals surface area (Å²) in [5.41, 5.74) is 2.28. The van der Waals surface area contributed by atoms with Gasteiger partial charge in [0.15, 0.2) is 6.29 Å². The van der Waals surface area contributed by atoms with Crippen LogP contribution in [0, 0.1) is 0 Å². The number of aldehydes is 1. The first-order valence-corrected chi connectivity index (χ1v) is 7.00. The van der Waals surface area contributed by atoms with Gasteiger partial charge in [0.1, 0.15) is 5.75 Å². The monoisotopic (exact) mass is 296 g/mol. The van der Waals surface area contributed by atoms with Gasteiger partial charge in [-0.05, 0) is 40.5 Å². The van der Waals surface area contributed by atoms with Gasteiger partial charge in [-0.1, -0.05) is 54.1 Å². The molecule has 0 spiro atoms. The van der Waals surface area contributed by atoms with E-state index in [4.69, 9.17) is 11.6 Å². The Morgan fingerprint density at radius 2 is 1.81 bits per heavy atom. The number of phenols is 1. The maximum absolute atomic E-state index is 11.0. The average Bonchev–Trinajstić information content (AvgIpc) is 2.51. The summed E-state index contributed by atoms with van der Waals surface area (Å²) >= 11 is 5.97. The predicted octanol–water partition coefficient (Wildman–Crippen LogP) is 4.60. The fourth-order valence-corrected chi connectivity index (χ4v) is 2.79. The molecule has 104 valence electrons. The number of benzene rings is 3. The molecule has 3 rings (SSSR count). The molecule has 0 aliphatic rings. The van der Waals surface area contributed by atoms with Crippen molar-refractivity contribution in [2.24, 2.45) is 0 Å². The van der Waals surface area contributed by atoms with Crippen molar-refractivity contribution in [2.45, 2.75) is 6.42 Å². The van der Waals surface area contributed by atoms with Gasteiger partial charge in [-0.15, -0.1) is 0 Å². The number of carbonyl (C=O) groups excluding carboxylic acids is 1. The Kier molecular flexibility index (Phi) is 3.63. The van der Waals surface area contributed by atoms with E-state index in [9.17, 15) is 9.90 Å². The topological polar surface area (TPSA) is 37.3 Å². The van der Waals surface area contributed by atoms with Crippen LogP contribution in [-0.2, 0) is 6.42 Å². The second kappa shape index (κ2) is 5.58. The zero-order valence-corrected chi connectivity index (χ0v) is 12.0. The number of hydrogen-bond acceptors (Lipinski definition) is 2. The van der Waals surface area contributed by atoms with Gasteiger partial charge in [-0.25, -0.2) is 0 Å². The van der Waals surface area contributed by atoms with E-state index in [1.54, 1.807) is 12.1 Å². The molecule has 3 aromatic carbocycles. The molecule has 0 saturated heterocycles. The lowest BCUT2D eigenvalue weighted by atomic mass is 9.97. The van der Waals surface area contributed by atoms with Gasteiger partial charge < -0.3 is 5.11 Å². The smallest absolute Gasteiger partial charge is 0.153 e. The second-order valence-corrected chi connectivity index (χ2v) is 5.36. The van der Waals surface area contributed by atoms with Gasteiger partial charge in [0.25, 0.3) is 0 Å². The third kappa shape index (κ3) is 2.63. The fourth-order valence-electron chi connectivity index (χ4n) is 2.54. The fraction of sp³-hybridized carbons (Fsp3) is 0.0556. The number of aromatic hydroxyl groups is 1. The van der Waals surface area contributed by atoms with Crippen molar-refractivity contribution in [1.29, 1.82) is 0 Å². The summed E-state index contributed by atoms with van der Waals surface area (Å²) in [6.45, 7) is 0. The van der Waals surface area contributed by atoms with E-state index in [2.05, 4.69) is 24.3 Å². The predicted molar refractivity (Wildman–Crippen MR) is 85.3 cm³/mol. The molecule has 0 amide bonds. The van der Waals surface area contributed by atoms with Gasteiger partial charge in [-0.2, -0.15) is 0 Å². The molecule has 0 aliphatic heterocycles. The van der Waals surface area contributed by atoms with E-state index in [1.807, 2.05) is 18.2 Å². The van der Waals surface area contributed by atoms with Crippen LogP contribution in [0.1, 0.15) is 21.5 Å². The molecule has 3 aromatic rings. The molecule has 0 atom stereocenters. The van der Waals surface area contributed by atoms with Crippen LogP contribution < -0.4 is 0 Å². The van der Waals surface area contributed by atoms with Crippen molar-refractivity contribution in [3.05, 3.63) is 76.3 Å². The van der Waals surface area contributed by atoms with Gasteiger partial charge in [0, 0.05) is 0 Å². The maximum atomic E-state index is 11.0. The van der Waals surface area contributed by atoms with E-state index in [0.29, 0.717) is 12.7 Å². The third-order valence-corrected chi connectivity index (χ3v) is 3.84. The molecule has 0 heterocycles. The minimum Gasteiger partial charge on any atom is -0.506 e. The van der Waals surface area contributed by atoms with Crippen molar-refractivity contribution >= 4 is 28.7 Å². The molecule has 0 aliphatic carbocycles. The summed E-state index contributed by atoms with van der Waals surface area (Å²) in [6.07, 6.45) is 1.27. The Morgan fingerprint density at radius 1 is 1.05 bits per heavy atom. The van der Waals surface area contributed by atoms with Gasteiger partial charge in [-0.3, -0.25) is 4.79 Å². The van der Waals surface area contributed by atoms with E-state index < -0.39 is 0 Å². The first-order valence-electron chi connectivity index (χ1n) is 6.62. The van der Waals surface area contributed by atoms with Crippen molar-refractivity contribution in [2.75, 3.05) is 0 Å². The van der Waals surface area contributed by atoms with Crippen LogP contribution in [0.2, 0.25) is 5.02 Å². The Morgan fingerprint density at radius 3 is 2.62 bits per heavy atom. The molecule has 0 saturated carbocycles. The quantitative estimate of drug-likeness (QED) is 0.717. The highest BCUT2D eigenvalue weighted by molar-refractivity contribution is 6.32. The van der Waals surface area contributed by atoms with Crippen LogP contribution in [0.4, 0.5) is 0 Å². The van der Waals surface area contributed by atoms with E-state index in [0.717, 1.165) is 11.1 Å². The van der Waals surface area contributed by atoms with E-state index in [-0.39, 0.29) is 16.3 Å². The lowest BCUT2D eigenvalue weighted by molar-refractivity contribution is 0.112.